The summed E-state index contributed by atoms with van der Waals surface area (Å²) < 4.78 is 16.7. The molecule has 0 spiro atoms. The van der Waals surface area contributed by atoms with Gasteiger partial charge < -0.3 is 24.5 Å². The molecule has 2 aromatic heterocycles. The van der Waals surface area contributed by atoms with Crippen molar-refractivity contribution in [1.82, 2.24) is 15.3 Å². The molecular weight excluding hydrogens is 554 g/mol. The minimum atomic E-state index is -0.346. The highest BCUT2D eigenvalue weighted by atomic mass is 16.5. The molecule has 5 aromatic rings. The van der Waals surface area contributed by atoms with E-state index in [1.807, 2.05) is 60.7 Å². The van der Waals surface area contributed by atoms with Crippen LogP contribution in [0.25, 0.3) is 22.2 Å². The highest BCUT2D eigenvalue weighted by Gasteiger charge is 2.14. The smallest absolute Gasteiger partial charge is 0.337 e. The van der Waals surface area contributed by atoms with Crippen LogP contribution in [0.3, 0.4) is 0 Å². The summed E-state index contributed by atoms with van der Waals surface area (Å²) in [5, 5.41) is 3.93. The molecule has 0 radical (unpaired) electrons. The van der Waals surface area contributed by atoms with Gasteiger partial charge >= 0.3 is 5.97 Å². The van der Waals surface area contributed by atoms with E-state index >= 15 is 0 Å². The summed E-state index contributed by atoms with van der Waals surface area (Å²) in [6, 6.07) is 27.6. The van der Waals surface area contributed by atoms with Crippen molar-refractivity contribution in [2.24, 2.45) is 0 Å². The molecule has 0 saturated heterocycles. The topological polar surface area (TPSA) is 103 Å². The number of hydrogen-bond donors (Lipinski definition) is 2. The highest BCUT2D eigenvalue weighted by Crippen LogP contribution is 2.27. The molecule has 3 aromatic carbocycles. The van der Waals surface area contributed by atoms with Gasteiger partial charge in [0.2, 0.25) is 5.91 Å². The molecule has 2 N–H and O–H groups in total. The number of unbranched alkanes of at least 4 members (excludes halogenated alkanes) is 1. The molecule has 5 rings (SSSR count). The molecule has 44 heavy (non-hydrogen) atoms. The first-order valence-electron chi connectivity index (χ1n) is 14.8. The third kappa shape index (κ3) is 8.04. The molecule has 0 aliphatic rings. The molecule has 226 valence electrons. The molecule has 0 aliphatic carbocycles. The van der Waals surface area contributed by atoms with Crippen LogP contribution in [0, 0.1) is 0 Å². The molecule has 8 heteroatoms. The summed E-state index contributed by atoms with van der Waals surface area (Å²) in [4.78, 5) is 31.2. The minimum absolute atomic E-state index is 0.0403. The lowest BCUT2D eigenvalue weighted by atomic mass is 10.0. The molecule has 2 heterocycles. The highest BCUT2D eigenvalue weighted by molar-refractivity contribution is 5.90. The van der Waals surface area contributed by atoms with Gasteiger partial charge in [-0.05, 0) is 71.8 Å². The van der Waals surface area contributed by atoms with Crippen LogP contribution in [0.15, 0.2) is 91.1 Å². The van der Waals surface area contributed by atoms with Crippen molar-refractivity contribution in [2.75, 3.05) is 26.9 Å². The van der Waals surface area contributed by atoms with E-state index in [9.17, 15) is 9.59 Å². The van der Waals surface area contributed by atoms with Crippen molar-refractivity contribution in [3.8, 4) is 22.6 Å². The number of hydrogen-bond acceptors (Lipinski definition) is 6. The zero-order valence-electron chi connectivity index (χ0n) is 25.1. The number of carbonyl (C=O) groups is 2. The molecule has 8 nitrogen and oxygen atoms in total. The first kappa shape index (κ1) is 30.4. The number of benzene rings is 3. The van der Waals surface area contributed by atoms with Crippen molar-refractivity contribution in [3.05, 3.63) is 114 Å². The van der Waals surface area contributed by atoms with Gasteiger partial charge in [-0.2, -0.15) is 0 Å². The van der Waals surface area contributed by atoms with E-state index in [1.165, 1.54) is 19.6 Å². The molecule has 1 amide bonds. The van der Waals surface area contributed by atoms with E-state index < -0.39 is 0 Å². The fourth-order valence-electron chi connectivity index (χ4n) is 5.08. The monoisotopic (exact) mass is 591 g/mol. The van der Waals surface area contributed by atoms with Gasteiger partial charge in [-0.25, -0.2) is 9.78 Å². The summed E-state index contributed by atoms with van der Waals surface area (Å²) in [5.41, 5.74) is 6.86. The van der Waals surface area contributed by atoms with Crippen LogP contribution in [0.1, 0.15) is 46.9 Å². The van der Waals surface area contributed by atoms with E-state index in [0.29, 0.717) is 31.7 Å². The number of esters is 1. The Morgan fingerprint density at radius 2 is 1.50 bits per heavy atom. The number of ether oxygens (including phenoxy) is 3. The lowest BCUT2D eigenvalue weighted by Gasteiger charge is -2.09. The van der Waals surface area contributed by atoms with Gasteiger partial charge in [0, 0.05) is 31.0 Å². The molecule has 0 bridgehead atoms. The number of amides is 1. The fraction of sp³-hybridized carbons (Fsp3) is 0.250. The Hall–Kier alpha value is -5.11. The van der Waals surface area contributed by atoms with Crippen molar-refractivity contribution >= 4 is 22.9 Å². The van der Waals surface area contributed by atoms with Crippen LogP contribution in [0.2, 0.25) is 0 Å². The fourth-order valence-corrected chi connectivity index (χ4v) is 5.08. The normalized spacial score (nSPS) is 10.9. The summed E-state index contributed by atoms with van der Waals surface area (Å²) in [7, 11) is 1.38. The molecule has 0 fully saturated rings. The van der Waals surface area contributed by atoms with E-state index in [0.717, 1.165) is 64.2 Å². The quantitative estimate of drug-likeness (QED) is 0.113. The van der Waals surface area contributed by atoms with Gasteiger partial charge in [0.15, 0.2) is 0 Å². The molecule has 0 saturated carbocycles. The number of rotatable bonds is 14. The lowest BCUT2D eigenvalue weighted by molar-refractivity contribution is -0.118. The number of nitrogens with one attached hydrogen (secondary N) is 2. The summed E-state index contributed by atoms with van der Waals surface area (Å²) in [6.45, 7) is 3.23. The van der Waals surface area contributed by atoms with Gasteiger partial charge in [0.05, 0.1) is 32.1 Å². The van der Waals surface area contributed by atoms with Crippen LogP contribution >= 0.6 is 0 Å². The third-order valence-electron chi connectivity index (χ3n) is 7.36. The van der Waals surface area contributed by atoms with E-state index in [2.05, 4.69) is 27.4 Å². The Kier molecular flexibility index (Phi) is 10.3. The van der Waals surface area contributed by atoms with Crippen molar-refractivity contribution in [1.29, 1.82) is 0 Å². The Morgan fingerprint density at radius 3 is 2.16 bits per heavy atom. The average Bonchev–Trinajstić information content (AvgIpc) is 3.38. The molecule has 0 atom stereocenters. The third-order valence-corrected chi connectivity index (χ3v) is 7.36. The number of nitrogens with zero attached hydrogens (tertiary/aromatic N) is 1. The largest absolute Gasteiger partial charge is 0.494 e. The standard InChI is InChI=1S/C36H37N3O5/c1-25(40)37-19-18-32-33-23-31(24-38-35(33)39-34(32)22-26-8-4-3-5-9-26)44-21-7-6-20-43-30-16-14-28(15-17-30)27-10-12-29(13-11-27)36(41)42-2/h3-5,8-17,23-24H,6-7,18-22H2,1-2H3,(H,37,40)(H,38,39). The number of fused-ring (bicyclic) bond motifs is 1. The predicted octanol–water partition coefficient (Wildman–Crippen LogP) is 6.52. The van der Waals surface area contributed by atoms with Gasteiger partial charge in [-0.15, -0.1) is 0 Å². The second-order valence-electron chi connectivity index (χ2n) is 10.5. The van der Waals surface area contributed by atoms with Gasteiger partial charge in [0.25, 0.3) is 0 Å². The van der Waals surface area contributed by atoms with Gasteiger partial charge in [-0.3, -0.25) is 4.79 Å². The van der Waals surface area contributed by atoms with Crippen molar-refractivity contribution in [3.63, 3.8) is 0 Å². The Labute approximate surface area is 257 Å². The number of pyridine rings is 1. The Bertz CT molecular complexity index is 1680. The number of aromatic amines is 1. The second kappa shape index (κ2) is 14.9. The number of H-pyrrole nitrogens is 1. The lowest BCUT2D eigenvalue weighted by Crippen LogP contribution is -2.22. The SMILES string of the molecule is COC(=O)c1ccc(-c2ccc(OCCCCOc3cnc4[nH]c(Cc5ccccc5)c(CCNC(C)=O)c4c3)cc2)cc1. The van der Waals surface area contributed by atoms with Crippen molar-refractivity contribution in [2.45, 2.75) is 32.6 Å². The zero-order chi connectivity index (χ0) is 30.7. The first-order valence-corrected chi connectivity index (χ1v) is 14.8. The van der Waals surface area contributed by atoms with Crippen LogP contribution in [-0.2, 0) is 22.4 Å². The second-order valence-corrected chi connectivity index (χ2v) is 10.5. The first-order chi connectivity index (χ1) is 21.5. The maximum atomic E-state index is 11.6. The van der Waals surface area contributed by atoms with E-state index in [1.54, 1.807) is 18.3 Å². The van der Waals surface area contributed by atoms with Gasteiger partial charge in [0.1, 0.15) is 17.1 Å². The van der Waals surface area contributed by atoms with Gasteiger partial charge in [-0.1, -0.05) is 54.6 Å². The van der Waals surface area contributed by atoms with Crippen LogP contribution in [0.5, 0.6) is 11.5 Å². The predicted molar refractivity (Wildman–Crippen MR) is 171 cm³/mol. The summed E-state index contributed by atoms with van der Waals surface area (Å²) in [5.74, 6) is 1.14. The summed E-state index contributed by atoms with van der Waals surface area (Å²) >= 11 is 0. The van der Waals surface area contributed by atoms with E-state index in [4.69, 9.17) is 14.2 Å². The Balaban J connectivity index is 1.12. The molecular formula is C36H37N3O5. The summed E-state index contributed by atoms with van der Waals surface area (Å²) in [6.07, 6.45) is 4.90. The van der Waals surface area contributed by atoms with Crippen LogP contribution in [-0.4, -0.2) is 48.7 Å². The number of aromatic nitrogens is 2. The number of carbonyl (C=O) groups excluding carboxylic acids is 2. The van der Waals surface area contributed by atoms with Crippen LogP contribution < -0.4 is 14.8 Å². The molecule has 0 unspecified atom stereocenters. The number of methoxy groups -OCH3 is 1. The zero-order valence-corrected chi connectivity index (χ0v) is 25.1. The van der Waals surface area contributed by atoms with E-state index in [-0.39, 0.29) is 11.9 Å². The molecule has 0 aliphatic heterocycles. The maximum absolute atomic E-state index is 11.6. The average molecular weight is 592 g/mol. The Morgan fingerprint density at radius 1 is 0.841 bits per heavy atom. The van der Waals surface area contributed by atoms with Crippen LogP contribution in [0.4, 0.5) is 0 Å². The maximum Gasteiger partial charge on any atom is 0.337 e. The van der Waals surface area contributed by atoms with Crippen molar-refractivity contribution < 1.29 is 23.8 Å². The minimum Gasteiger partial charge on any atom is -0.494 e.